The molecule has 1 atom stereocenters. The molecule has 0 aromatic heterocycles. The number of benzene rings is 1. The average molecular weight is 413 g/mol. The van der Waals surface area contributed by atoms with Gasteiger partial charge in [-0.1, -0.05) is 15.9 Å². The van der Waals surface area contributed by atoms with Crippen LogP contribution >= 0.6 is 15.9 Å². The number of hydrogen-bond acceptors (Lipinski definition) is 4. The Morgan fingerprint density at radius 1 is 1.32 bits per heavy atom. The van der Waals surface area contributed by atoms with Crippen molar-refractivity contribution in [3.05, 3.63) is 40.0 Å². The maximum atomic E-state index is 12.0. The second kappa shape index (κ2) is 9.43. The fourth-order valence-corrected chi connectivity index (χ4v) is 2.62. The Morgan fingerprint density at radius 3 is 2.72 bits per heavy atom. The minimum Gasteiger partial charge on any atom is -0.488 e. The number of amides is 2. The third-order valence-electron chi connectivity index (χ3n) is 3.67. The number of carbonyl (C=O) groups is 2. The lowest BCUT2D eigenvalue weighted by Gasteiger charge is -2.23. The van der Waals surface area contributed by atoms with Gasteiger partial charge in [-0.25, -0.2) is 9.59 Å². The summed E-state index contributed by atoms with van der Waals surface area (Å²) in [5.41, 5.74) is 1.07. The van der Waals surface area contributed by atoms with Crippen molar-refractivity contribution in [2.75, 3.05) is 39.9 Å². The molecule has 2 amide bonds. The second-order valence-electron chi connectivity index (χ2n) is 5.67. The van der Waals surface area contributed by atoms with E-state index in [-0.39, 0.29) is 12.6 Å². The Kier molecular flexibility index (Phi) is 7.27. The predicted molar refractivity (Wildman–Crippen MR) is 96.5 cm³/mol. The number of nitrogens with one attached hydrogen (secondary N) is 3. The van der Waals surface area contributed by atoms with Crippen molar-refractivity contribution >= 4 is 27.9 Å². The summed E-state index contributed by atoms with van der Waals surface area (Å²) >= 11 is 3.38. The molecule has 25 heavy (non-hydrogen) atoms. The molecule has 3 N–H and O–H groups in total. The van der Waals surface area contributed by atoms with E-state index in [2.05, 4.69) is 26.6 Å². The van der Waals surface area contributed by atoms with Crippen molar-refractivity contribution in [1.29, 1.82) is 0 Å². The van der Waals surface area contributed by atoms with E-state index in [0.29, 0.717) is 31.0 Å². The van der Waals surface area contributed by atoms with Crippen LogP contribution in [0.4, 0.5) is 4.79 Å². The summed E-state index contributed by atoms with van der Waals surface area (Å²) in [6.07, 6.45) is 0. The molecule has 1 heterocycles. The van der Waals surface area contributed by atoms with Crippen molar-refractivity contribution < 1.29 is 24.0 Å². The molecule has 1 unspecified atom stereocenters. The third kappa shape index (κ3) is 6.06. The van der Waals surface area contributed by atoms with Crippen LogP contribution in [0.15, 0.2) is 40.0 Å². The van der Waals surface area contributed by atoms with Crippen LogP contribution in [-0.2, 0) is 9.53 Å². The fourth-order valence-electron chi connectivity index (χ4n) is 2.36. The lowest BCUT2D eigenvalue weighted by molar-refractivity contribution is -0.874. The number of quaternary nitrogens is 1. The highest BCUT2D eigenvalue weighted by molar-refractivity contribution is 9.10. The first-order chi connectivity index (χ1) is 12.0. The number of ether oxygens (including phenoxy) is 2. The van der Waals surface area contributed by atoms with E-state index in [4.69, 9.17) is 9.47 Å². The minimum atomic E-state index is -0.399. The fraction of sp³-hybridized carbons (Fsp3) is 0.412. The molecule has 7 nitrogen and oxygen atoms in total. The van der Waals surface area contributed by atoms with Gasteiger partial charge in [0, 0.05) is 4.47 Å². The zero-order chi connectivity index (χ0) is 18.2. The maximum Gasteiger partial charge on any atom is 0.337 e. The van der Waals surface area contributed by atoms with Crippen LogP contribution in [0.25, 0.3) is 0 Å². The van der Waals surface area contributed by atoms with Gasteiger partial charge >= 0.3 is 12.0 Å². The van der Waals surface area contributed by atoms with E-state index >= 15 is 0 Å². The summed E-state index contributed by atoms with van der Waals surface area (Å²) in [6.45, 7) is 3.99. The van der Waals surface area contributed by atoms with Crippen LogP contribution in [0.1, 0.15) is 6.92 Å². The first kappa shape index (κ1) is 19.3. The van der Waals surface area contributed by atoms with Gasteiger partial charge in [-0.2, -0.15) is 0 Å². The summed E-state index contributed by atoms with van der Waals surface area (Å²) in [7, 11) is 1.98. The van der Waals surface area contributed by atoms with E-state index in [9.17, 15) is 9.59 Å². The Morgan fingerprint density at radius 2 is 2.04 bits per heavy atom. The predicted octanol–water partition coefficient (Wildman–Crippen LogP) is 0.473. The molecule has 0 saturated heterocycles. The summed E-state index contributed by atoms with van der Waals surface area (Å²) in [5, 5.41) is 5.31. The van der Waals surface area contributed by atoms with Crippen molar-refractivity contribution in [2.24, 2.45) is 0 Å². The lowest BCUT2D eigenvalue weighted by Crippen LogP contribution is -3.10. The molecule has 0 fully saturated rings. The molecule has 0 saturated carbocycles. The van der Waals surface area contributed by atoms with Gasteiger partial charge in [-0.15, -0.1) is 0 Å². The largest absolute Gasteiger partial charge is 0.488 e. The van der Waals surface area contributed by atoms with E-state index in [1.165, 1.54) is 0 Å². The molecule has 0 radical (unpaired) electrons. The zero-order valence-corrected chi connectivity index (χ0v) is 15.9. The molecule has 136 valence electrons. The molecule has 1 aliphatic rings. The summed E-state index contributed by atoms with van der Waals surface area (Å²) in [6, 6.07) is 7.34. The van der Waals surface area contributed by atoms with Gasteiger partial charge in [-0.05, 0) is 31.2 Å². The van der Waals surface area contributed by atoms with Gasteiger partial charge in [0.05, 0.1) is 31.5 Å². The van der Waals surface area contributed by atoms with Gasteiger partial charge < -0.3 is 25.0 Å². The number of rotatable bonds is 8. The van der Waals surface area contributed by atoms with Crippen molar-refractivity contribution in [3.63, 3.8) is 0 Å². The van der Waals surface area contributed by atoms with Crippen LogP contribution in [0, 0.1) is 0 Å². The Bertz CT molecular complexity index is 646. The molecule has 0 spiro atoms. The highest BCUT2D eigenvalue weighted by Gasteiger charge is 2.25. The highest BCUT2D eigenvalue weighted by atomic mass is 79.9. The quantitative estimate of drug-likeness (QED) is 0.542. The molecule has 8 heteroatoms. The first-order valence-corrected chi connectivity index (χ1v) is 8.92. The molecule has 0 aliphatic carbocycles. The number of hydrogen-bond donors (Lipinski definition) is 3. The third-order valence-corrected chi connectivity index (χ3v) is 4.19. The van der Waals surface area contributed by atoms with Crippen LogP contribution in [0.2, 0.25) is 0 Å². The number of likely N-dealkylation sites (N-methyl/N-ethyl adjacent to an activating group) is 1. The molecule has 2 rings (SSSR count). The van der Waals surface area contributed by atoms with Crippen molar-refractivity contribution in [2.45, 2.75) is 6.92 Å². The van der Waals surface area contributed by atoms with Gasteiger partial charge in [0.25, 0.3) is 0 Å². The van der Waals surface area contributed by atoms with Gasteiger partial charge in [0.2, 0.25) is 0 Å². The monoisotopic (exact) mass is 412 g/mol. The first-order valence-electron chi connectivity index (χ1n) is 8.13. The molecular formula is C17H23BrN3O4+. The topological polar surface area (TPSA) is 81.1 Å². The lowest BCUT2D eigenvalue weighted by atomic mass is 10.1. The van der Waals surface area contributed by atoms with Gasteiger partial charge in [-0.3, -0.25) is 0 Å². The van der Waals surface area contributed by atoms with E-state index in [1.807, 2.05) is 31.3 Å². The van der Waals surface area contributed by atoms with Crippen LogP contribution in [0.5, 0.6) is 5.75 Å². The number of esters is 1. The summed E-state index contributed by atoms with van der Waals surface area (Å²) < 4.78 is 11.8. The Balaban J connectivity index is 1.89. The zero-order valence-electron chi connectivity index (χ0n) is 14.4. The van der Waals surface area contributed by atoms with E-state index in [1.54, 1.807) is 6.92 Å². The number of urea groups is 1. The molecule has 0 bridgehead atoms. The molecule has 1 aromatic carbocycles. The molecule has 1 aliphatic heterocycles. The van der Waals surface area contributed by atoms with Crippen molar-refractivity contribution in [1.82, 2.24) is 10.6 Å². The van der Waals surface area contributed by atoms with E-state index < -0.39 is 5.97 Å². The Labute approximate surface area is 155 Å². The maximum absolute atomic E-state index is 12.0. The highest BCUT2D eigenvalue weighted by Crippen LogP contribution is 2.15. The van der Waals surface area contributed by atoms with Crippen LogP contribution in [0.3, 0.4) is 0 Å². The van der Waals surface area contributed by atoms with E-state index in [0.717, 1.165) is 21.7 Å². The van der Waals surface area contributed by atoms with Crippen LogP contribution in [-0.4, -0.2) is 51.9 Å². The molecular weight excluding hydrogens is 390 g/mol. The number of carbonyl (C=O) groups excluding carboxylic acids is 2. The Hall–Kier alpha value is -2.06. The standard InChI is InChI=1S/C17H22BrN3O4/c1-3-24-16(22)14-10-19-17(23)20-15(14)11-21(2)8-9-25-13-6-4-12(18)5-7-13/h4-7H,3,8-11H2,1-2H3,(H2,19,20,23)/p+1. The second-order valence-corrected chi connectivity index (χ2v) is 6.59. The van der Waals surface area contributed by atoms with Crippen LogP contribution < -0.4 is 20.3 Å². The minimum absolute atomic E-state index is 0.183. The summed E-state index contributed by atoms with van der Waals surface area (Å²) in [4.78, 5) is 24.7. The van der Waals surface area contributed by atoms with Crippen molar-refractivity contribution in [3.8, 4) is 5.75 Å². The average Bonchev–Trinajstić information content (AvgIpc) is 2.57. The SMILES string of the molecule is CCOC(=O)C1=C(C[NH+](C)CCOc2ccc(Br)cc2)NC(=O)NC1. The van der Waals surface area contributed by atoms with Gasteiger partial charge in [0.1, 0.15) is 25.4 Å². The normalized spacial score (nSPS) is 15.2. The number of halogens is 1. The molecule has 1 aromatic rings. The smallest absolute Gasteiger partial charge is 0.337 e. The summed E-state index contributed by atoms with van der Waals surface area (Å²) in [5.74, 6) is 0.404. The van der Waals surface area contributed by atoms with Gasteiger partial charge in [0.15, 0.2) is 0 Å².